The topological polar surface area (TPSA) is 69.3 Å². The summed E-state index contributed by atoms with van der Waals surface area (Å²) < 4.78 is 0. The number of para-hydroxylation sites is 1. The van der Waals surface area contributed by atoms with E-state index in [-0.39, 0.29) is 5.75 Å². The predicted molar refractivity (Wildman–Crippen MR) is 81.7 cm³/mol. The summed E-state index contributed by atoms with van der Waals surface area (Å²) in [4.78, 5) is 8.63. The van der Waals surface area contributed by atoms with E-state index < -0.39 is 0 Å². The third-order valence-corrected chi connectivity index (χ3v) is 3.06. The van der Waals surface area contributed by atoms with Crippen LogP contribution in [0.4, 0.5) is 5.69 Å². The molecule has 2 aromatic carbocycles. The zero-order valence-electron chi connectivity index (χ0n) is 11.1. The lowest BCUT2D eigenvalue weighted by Gasteiger charge is -2.01. The number of phenols is 1. The Hall–Kier alpha value is -3.19. The lowest BCUT2D eigenvalue weighted by molar-refractivity contribution is 0.475. The minimum Gasteiger partial charge on any atom is -0.508 e. The Bertz CT molecular complexity index is 861. The molecule has 0 amide bonds. The lowest BCUT2D eigenvalue weighted by atomic mass is 10.1. The highest BCUT2D eigenvalue weighted by atomic mass is 16.3. The molecule has 1 aromatic heterocycles. The van der Waals surface area contributed by atoms with E-state index in [1.807, 2.05) is 30.3 Å². The Morgan fingerprint density at radius 2 is 1.86 bits per heavy atom. The standard InChI is InChI=1S/C17H11N3O/c18-10-17(20-14-5-7-15(21)8-6-14)13-9-12-3-1-2-4-16(12)19-11-13/h1-9,11,21H. The average molecular weight is 273 g/mol. The van der Waals surface area contributed by atoms with E-state index in [4.69, 9.17) is 0 Å². The number of aliphatic imine (C=N–C) groups is 1. The van der Waals surface area contributed by atoms with Crippen molar-refractivity contribution in [3.8, 4) is 11.8 Å². The smallest absolute Gasteiger partial charge is 0.149 e. The quantitative estimate of drug-likeness (QED) is 0.725. The number of nitrogens with zero attached hydrogens (tertiary/aromatic N) is 3. The molecule has 1 heterocycles. The zero-order chi connectivity index (χ0) is 14.7. The summed E-state index contributed by atoms with van der Waals surface area (Å²) >= 11 is 0. The summed E-state index contributed by atoms with van der Waals surface area (Å²) in [7, 11) is 0. The fourth-order valence-electron chi connectivity index (χ4n) is 2.01. The van der Waals surface area contributed by atoms with Gasteiger partial charge in [-0.15, -0.1) is 0 Å². The maximum atomic E-state index is 9.31. The third kappa shape index (κ3) is 2.72. The number of hydrogen-bond donors (Lipinski definition) is 1. The van der Waals surface area contributed by atoms with E-state index in [2.05, 4.69) is 16.0 Å². The number of nitriles is 1. The molecule has 4 nitrogen and oxygen atoms in total. The van der Waals surface area contributed by atoms with Crippen molar-refractivity contribution >= 4 is 22.3 Å². The van der Waals surface area contributed by atoms with Crippen LogP contribution in [0.2, 0.25) is 0 Å². The van der Waals surface area contributed by atoms with Crippen molar-refractivity contribution in [1.29, 1.82) is 5.26 Å². The van der Waals surface area contributed by atoms with Gasteiger partial charge >= 0.3 is 0 Å². The molecular formula is C17H11N3O. The highest BCUT2D eigenvalue weighted by Gasteiger charge is 2.05. The number of fused-ring (bicyclic) bond motifs is 1. The van der Waals surface area contributed by atoms with Crippen molar-refractivity contribution in [2.24, 2.45) is 4.99 Å². The van der Waals surface area contributed by atoms with Crippen LogP contribution >= 0.6 is 0 Å². The van der Waals surface area contributed by atoms with Gasteiger partial charge in [0.15, 0.2) is 0 Å². The lowest BCUT2D eigenvalue weighted by Crippen LogP contribution is -1.97. The van der Waals surface area contributed by atoms with Gasteiger partial charge in [-0.1, -0.05) is 18.2 Å². The Balaban J connectivity index is 2.05. The van der Waals surface area contributed by atoms with E-state index in [0.717, 1.165) is 10.9 Å². The van der Waals surface area contributed by atoms with Crippen LogP contribution in [0.25, 0.3) is 10.9 Å². The maximum absolute atomic E-state index is 9.31. The Kier molecular flexibility index (Phi) is 3.32. The first-order valence-electron chi connectivity index (χ1n) is 6.39. The molecule has 0 radical (unpaired) electrons. The van der Waals surface area contributed by atoms with Crippen LogP contribution in [0, 0.1) is 11.3 Å². The molecule has 0 spiro atoms. The molecule has 0 saturated heterocycles. The number of benzene rings is 2. The molecule has 0 atom stereocenters. The van der Waals surface area contributed by atoms with E-state index >= 15 is 0 Å². The van der Waals surface area contributed by atoms with Crippen LogP contribution in [0.3, 0.4) is 0 Å². The van der Waals surface area contributed by atoms with E-state index in [1.165, 1.54) is 12.1 Å². The summed E-state index contributed by atoms with van der Waals surface area (Å²) in [6, 6.07) is 18.1. The van der Waals surface area contributed by atoms with Crippen LogP contribution in [0.5, 0.6) is 5.75 Å². The molecule has 3 aromatic rings. The summed E-state index contributed by atoms with van der Waals surface area (Å²) in [5.74, 6) is 0.167. The third-order valence-electron chi connectivity index (χ3n) is 3.06. The van der Waals surface area contributed by atoms with Crippen molar-refractivity contribution in [3.63, 3.8) is 0 Å². The summed E-state index contributed by atoms with van der Waals surface area (Å²) in [6.45, 7) is 0. The van der Waals surface area contributed by atoms with Gasteiger partial charge in [0.1, 0.15) is 17.5 Å². The predicted octanol–water partition coefficient (Wildman–Crippen LogP) is 3.58. The molecule has 0 aliphatic carbocycles. The minimum atomic E-state index is 0.167. The minimum absolute atomic E-state index is 0.167. The first-order chi connectivity index (χ1) is 10.3. The van der Waals surface area contributed by atoms with Gasteiger partial charge in [0.05, 0.1) is 11.2 Å². The molecule has 0 saturated carbocycles. The Morgan fingerprint density at radius 3 is 2.62 bits per heavy atom. The molecular weight excluding hydrogens is 262 g/mol. The normalized spacial score (nSPS) is 11.3. The maximum Gasteiger partial charge on any atom is 0.149 e. The van der Waals surface area contributed by atoms with Gasteiger partial charge in [0.25, 0.3) is 0 Å². The number of aromatic nitrogens is 1. The molecule has 100 valence electrons. The molecule has 1 N–H and O–H groups in total. The average Bonchev–Trinajstić information content (AvgIpc) is 2.54. The Labute approximate surface area is 121 Å². The fraction of sp³-hybridized carbons (Fsp3) is 0. The first-order valence-corrected chi connectivity index (χ1v) is 6.39. The number of phenolic OH excluding ortho intramolecular Hbond substituents is 1. The molecule has 0 fully saturated rings. The fourth-order valence-corrected chi connectivity index (χ4v) is 2.01. The molecule has 21 heavy (non-hydrogen) atoms. The molecule has 0 aliphatic heterocycles. The molecule has 0 unspecified atom stereocenters. The number of aromatic hydroxyl groups is 1. The van der Waals surface area contributed by atoms with Gasteiger partial charge in [-0.05, 0) is 36.4 Å². The van der Waals surface area contributed by atoms with E-state index in [0.29, 0.717) is 17.0 Å². The summed E-state index contributed by atoms with van der Waals surface area (Å²) in [6.07, 6.45) is 1.64. The molecule has 3 rings (SSSR count). The van der Waals surface area contributed by atoms with Crippen molar-refractivity contribution < 1.29 is 5.11 Å². The van der Waals surface area contributed by atoms with Gasteiger partial charge in [0, 0.05) is 17.1 Å². The van der Waals surface area contributed by atoms with Crippen LogP contribution < -0.4 is 0 Å². The number of pyridine rings is 1. The molecule has 4 heteroatoms. The van der Waals surface area contributed by atoms with Gasteiger partial charge in [-0.3, -0.25) is 4.98 Å². The Morgan fingerprint density at radius 1 is 1.10 bits per heavy atom. The van der Waals surface area contributed by atoms with Crippen LogP contribution in [0.1, 0.15) is 5.56 Å². The van der Waals surface area contributed by atoms with E-state index in [9.17, 15) is 10.4 Å². The van der Waals surface area contributed by atoms with Crippen LogP contribution in [-0.4, -0.2) is 15.8 Å². The van der Waals surface area contributed by atoms with Gasteiger partial charge in [-0.25, -0.2) is 4.99 Å². The van der Waals surface area contributed by atoms with E-state index in [1.54, 1.807) is 18.3 Å². The van der Waals surface area contributed by atoms with Gasteiger partial charge < -0.3 is 5.11 Å². The SMILES string of the molecule is N#CC(=Nc1ccc(O)cc1)c1cnc2ccccc2c1. The van der Waals surface area contributed by atoms with Crippen molar-refractivity contribution in [3.05, 3.63) is 66.4 Å². The molecule has 0 aliphatic rings. The highest BCUT2D eigenvalue weighted by Crippen LogP contribution is 2.19. The zero-order valence-corrected chi connectivity index (χ0v) is 11.1. The molecule has 0 bridgehead atoms. The van der Waals surface area contributed by atoms with Crippen LogP contribution in [0.15, 0.2) is 65.8 Å². The second-order valence-corrected chi connectivity index (χ2v) is 4.51. The second kappa shape index (κ2) is 5.43. The monoisotopic (exact) mass is 273 g/mol. The van der Waals surface area contributed by atoms with Crippen molar-refractivity contribution in [2.45, 2.75) is 0 Å². The summed E-state index contributed by atoms with van der Waals surface area (Å²) in [5.41, 5.74) is 2.45. The number of hydrogen-bond acceptors (Lipinski definition) is 4. The summed E-state index contributed by atoms with van der Waals surface area (Å²) in [5, 5.41) is 19.5. The number of rotatable bonds is 2. The first kappa shape index (κ1) is 12.8. The largest absolute Gasteiger partial charge is 0.508 e. The van der Waals surface area contributed by atoms with Crippen molar-refractivity contribution in [1.82, 2.24) is 4.98 Å². The van der Waals surface area contributed by atoms with Crippen molar-refractivity contribution in [2.75, 3.05) is 0 Å². The van der Waals surface area contributed by atoms with Gasteiger partial charge in [-0.2, -0.15) is 5.26 Å². The second-order valence-electron chi connectivity index (χ2n) is 4.51. The van der Waals surface area contributed by atoms with Gasteiger partial charge in [0.2, 0.25) is 0 Å². The highest BCUT2D eigenvalue weighted by molar-refractivity contribution is 6.13. The van der Waals surface area contributed by atoms with Crippen LogP contribution in [-0.2, 0) is 0 Å².